The van der Waals surface area contributed by atoms with Crippen molar-refractivity contribution >= 4 is 11.9 Å². The van der Waals surface area contributed by atoms with Crippen molar-refractivity contribution in [3.63, 3.8) is 0 Å². The molecule has 2 saturated heterocycles. The molecule has 0 aliphatic carbocycles. The maximum absolute atomic E-state index is 12.8. The first-order valence-electron chi connectivity index (χ1n) is 10.9. The third-order valence-corrected chi connectivity index (χ3v) is 5.82. The van der Waals surface area contributed by atoms with Gasteiger partial charge in [-0.2, -0.15) is 18.4 Å². The molecule has 0 spiro atoms. The molecule has 1 aromatic heterocycles. The number of pyridine rings is 1. The number of rotatable bonds is 6. The van der Waals surface area contributed by atoms with E-state index in [1.165, 1.54) is 0 Å². The number of benzene rings is 1. The molecule has 1 aromatic carbocycles. The summed E-state index contributed by atoms with van der Waals surface area (Å²) in [6.45, 7) is 3.22. The number of likely N-dealkylation sites (tertiary alicyclic amines) is 1. The Morgan fingerprint density at radius 2 is 2.00 bits per heavy atom. The Morgan fingerprint density at radius 1 is 1.23 bits per heavy atom. The highest BCUT2D eigenvalue weighted by molar-refractivity contribution is 5.94. The van der Waals surface area contributed by atoms with Gasteiger partial charge in [-0.25, -0.2) is 4.79 Å². The Bertz CT molecular complexity index is 1060. The van der Waals surface area contributed by atoms with Crippen LogP contribution in [0.4, 0.5) is 13.2 Å². The van der Waals surface area contributed by atoms with Crippen molar-refractivity contribution in [3.05, 3.63) is 65.5 Å². The lowest BCUT2D eigenvalue weighted by Gasteiger charge is -2.20. The first-order chi connectivity index (χ1) is 16.7. The van der Waals surface area contributed by atoms with Crippen molar-refractivity contribution in [3.8, 4) is 6.07 Å². The summed E-state index contributed by atoms with van der Waals surface area (Å²) in [7, 11) is 0. The maximum atomic E-state index is 12.8. The van der Waals surface area contributed by atoms with Gasteiger partial charge in [0, 0.05) is 37.4 Å². The number of alkyl halides is 3. The van der Waals surface area contributed by atoms with Crippen LogP contribution >= 0.6 is 0 Å². The number of amides is 1. The second kappa shape index (κ2) is 11.8. The lowest BCUT2D eigenvalue weighted by atomic mass is 9.91. The van der Waals surface area contributed by atoms with E-state index in [9.17, 15) is 18.0 Å². The fourth-order valence-corrected chi connectivity index (χ4v) is 4.06. The van der Waals surface area contributed by atoms with Crippen LogP contribution in [0.3, 0.4) is 0 Å². The Labute approximate surface area is 199 Å². The molecule has 8 nitrogen and oxygen atoms in total. The molecule has 0 unspecified atom stereocenters. The normalized spacial score (nSPS) is 21.0. The van der Waals surface area contributed by atoms with Crippen LogP contribution in [0.25, 0.3) is 0 Å². The largest absolute Gasteiger partial charge is 0.490 e. The number of nitriles is 1. The second-order valence-corrected chi connectivity index (χ2v) is 8.16. The van der Waals surface area contributed by atoms with Crippen LogP contribution in [0.2, 0.25) is 0 Å². The molecule has 0 saturated carbocycles. The Kier molecular flexibility index (Phi) is 8.78. The molecular formula is C24H24F3N3O5. The number of aromatic nitrogens is 1. The number of fused-ring (bicyclic) bond motifs is 1. The van der Waals surface area contributed by atoms with E-state index < -0.39 is 12.1 Å². The van der Waals surface area contributed by atoms with Gasteiger partial charge in [0.15, 0.2) is 0 Å². The van der Waals surface area contributed by atoms with Crippen molar-refractivity contribution in [1.29, 1.82) is 5.26 Å². The summed E-state index contributed by atoms with van der Waals surface area (Å²) in [5, 5.41) is 16.2. The van der Waals surface area contributed by atoms with Gasteiger partial charge in [0.05, 0.1) is 36.6 Å². The second-order valence-electron chi connectivity index (χ2n) is 8.16. The van der Waals surface area contributed by atoms with Crippen LogP contribution in [-0.4, -0.2) is 65.5 Å². The quantitative estimate of drug-likeness (QED) is 0.617. The van der Waals surface area contributed by atoms with E-state index in [-0.39, 0.29) is 12.0 Å². The van der Waals surface area contributed by atoms with E-state index in [0.717, 1.165) is 18.7 Å². The number of halogens is 3. The van der Waals surface area contributed by atoms with Gasteiger partial charge in [0.1, 0.15) is 0 Å². The number of ether oxygens (including phenoxy) is 2. The molecule has 11 heteroatoms. The Hall–Kier alpha value is -3.49. The lowest BCUT2D eigenvalue weighted by Crippen LogP contribution is -2.31. The molecule has 4 rings (SSSR count). The molecule has 0 bridgehead atoms. The molecule has 3 heterocycles. The molecule has 186 valence electrons. The average molecular weight is 491 g/mol. The summed E-state index contributed by atoms with van der Waals surface area (Å²) in [6.07, 6.45) is -2.30. The van der Waals surface area contributed by atoms with Crippen molar-refractivity contribution in [2.75, 3.05) is 26.3 Å². The minimum Gasteiger partial charge on any atom is -0.475 e. The van der Waals surface area contributed by atoms with Crippen LogP contribution in [0, 0.1) is 23.2 Å². The van der Waals surface area contributed by atoms with Gasteiger partial charge in [-0.3, -0.25) is 9.78 Å². The smallest absolute Gasteiger partial charge is 0.475 e. The van der Waals surface area contributed by atoms with Crippen LogP contribution in [0.15, 0.2) is 48.7 Å². The number of aliphatic carboxylic acids is 1. The molecule has 2 aliphatic rings. The molecule has 2 aromatic rings. The van der Waals surface area contributed by atoms with E-state index in [0.29, 0.717) is 49.3 Å². The molecule has 2 fully saturated rings. The van der Waals surface area contributed by atoms with E-state index in [1.54, 1.807) is 30.5 Å². The highest BCUT2D eigenvalue weighted by Gasteiger charge is 2.45. The summed E-state index contributed by atoms with van der Waals surface area (Å²) < 4.78 is 43.5. The number of carboxylic acid groups (broad SMARTS) is 1. The predicted octanol–water partition coefficient (Wildman–Crippen LogP) is 3.28. The molecule has 35 heavy (non-hydrogen) atoms. The predicted molar refractivity (Wildman–Crippen MR) is 116 cm³/mol. The van der Waals surface area contributed by atoms with E-state index >= 15 is 0 Å². The van der Waals surface area contributed by atoms with Gasteiger partial charge in [-0.05, 0) is 42.7 Å². The number of carboxylic acids is 1. The van der Waals surface area contributed by atoms with Crippen LogP contribution in [0.1, 0.15) is 28.0 Å². The number of carbonyl (C=O) groups excluding carboxylic acids is 1. The van der Waals surface area contributed by atoms with E-state index in [4.69, 9.17) is 24.6 Å². The Morgan fingerprint density at radius 3 is 2.66 bits per heavy atom. The van der Waals surface area contributed by atoms with Crippen molar-refractivity contribution in [2.45, 2.75) is 25.3 Å². The number of hydrogen-bond acceptors (Lipinski definition) is 6. The van der Waals surface area contributed by atoms with Gasteiger partial charge in [0.25, 0.3) is 5.91 Å². The maximum Gasteiger partial charge on any atom is 0.490 e. The SMILES string of the molecule is N#Cc1cccc(C(=O)N2C[C@H]3[C@@H](CCOCc4ccccn4)CO[C@H]3C2)c1.O=C(O)C(F)(F)F. The summed E-state index contributed by atoms with van der Waals surface area (Å²) in [6, 6.07) is 14.8. The zero-order valence-electron chi connectivity index (χ0n) is 18.6. The van der Waals surface area contributed by atoms with Gasteiger partial charge in [-0.15, -0.1) is 0 Å². The molecule has 3 atom stereocenters. The highest BCUT2D eigenvalue weighted by atomic mass is 19.4. The molecule has 2 aliphatic heterocycles. The van der Waals surface area contributed by atoms with Crippen molar-refractivity contribution in [1.82, 2.24) is 9.88 Å². The van der Waals surface area contributed by atoms with Crippen LogP contribution < -0.4 is 0 Å². The summed E-state index contributed by atoms with van der Waals surface area (Å²) in [5.41, 5.74) is 2.00. The zero-order valence-corrected chi connectivity index (χ0v) is 18.6. The monoisotopic (exact) mass is 491 g/mol. The van der Waals surface area contributed by atoms with Crippen LogP contribution in [0.5, 0.6) is 0 Å². The minimum atomic E-state index is -5.08. The van der Waals surface area contributed by atoms with Gasteiger partial charge >= 0.3 is 12.1 Å². The average Bonchev–Trinajstić information content (AvgIpc) is 3.43. The molecular weight excluding hydrogens is 467 g/mol. The number of nitrogens with zero attached hydrogens (tertiary/aromatic N) is 3. The van der Waals surface area contributed by atoms with E-state index in [2.05, 4.69) is 11.1 Å². The lowest BCUT2D eigenvalue weighted by molar-refractivity contribution is -0.192. The highest BCUT2D eigenvalue weighted by Crippen LogP contribution is 2.36. The topological polar surface area (TPSA) is 113 Å². The number of carbonyl (C=O) groups is 2. The van der Waals surface area contributed by atoms with Crippen molar-refractivity contribution in [2.24, 2.45) is 11.8 Å². The zero-order chi connectivity index (χ0) is 25.4. The molecule has 1 amide bonds. The summed E-state index contributed by atoms with van der Waals surface area (Å²) >= 11 is 0. The van der Waals surface area contributed by atoms with Gasteiger partial charge in [0.2, 0.25) is 0 Å². The summed E-state index contributed by atoms with van der Waals surface area (Å²) in [5.74, 6) is -2.04. The van der Waals surface area contributed by atoms with Gasteiger partial charge in [-0.1, -0.05) is 12.1 Å². The standard InChI is InChI=1S/C22H23N3O3.C2HF3O2/c23-11-16-4-3-5-17(10-16)22(26)25-12-20-18(14-28-21(20)13-25)7-9-27-15-19-6-1-2-8-24-19;3-2(4,5)1(6)7/h1-6,8,10,18,20-21H,7,9,12-15H2;(H,6,7)/t18-,20-,21-;/m0./s1. The third kappa shape index (κ3) is 7.24. The van der Waals surface area contributed by atoms with Crippen LogP contribution in [-0.2, 0) is 20.9 Å². The fourth-order valence-electron chi connectivity index (χ4n) is 4.06. The third-order valence-electron chi connectivity index (χ3n) is 5.82. The first-order valence-corrected chi connectivity index (χ1v) is 10.9. The molecule has 1 N–H and O–H groups in total. The minimum absolute atomic E-state index is 0.0275. The number of hydrogen-bond donors (Lipinski definition) is 1. The summed E-state index contributed by atoms with van der Waals surface area (Å²) in [4.78, 5) is 27.8. The Balaban J connectivity index is 0.000000429. The fraction of sp³-hybridized carbons (Fsp3) is 0.417. The van der Waals surface area contributed by atoms with Crippen molar-refractivity contribution < 1.29 is 37.3 Å². The molecule has 0 radical (unpaired) electrons. The van der Waals surface area contributed by atoms with Gasteiger partial charge < -0.3 is 19.5 Å². The first kappa shape index (κ1) is 26.1. The van der Waals surface area contributed by atoms with E-state index in [1.807, 2.05) is 23.1 Å².